The summed E-state index contributed by atoms with van der Waals surface area (Å²) in [6.07, 6.45) is 8.85. The number of rotatable bonds is 11. The minimum absolute atomic E-state index is 0.0771. The summed E-state index contributed by atoms with van der Waals surface area (Å²) < 4.78 is 2.70. The fraction of sp³-hybridized carbons (Fsp3) is 0.500. The van der Waals surface area contributed by atoms with Gasteiger partial charge in [-0.1, -0.05) is 19.8 Å². The summed E-state index contributed by atoms with van der Waals surface area (Å²) in [5.41, 5.74) is 0.346. The zero-order valence-corrected chi connectivity index (χ0v) is 18.2. The lowest BCUT2D eigenvalue weighted by Gasteiger charge is -2.11. The number of imidazole rings is 1. The number of aromatic amines is 1. The summed E-state index contributed by atoms with van der Waals surface area (Å²) >= 11 is 5.95. The van der Waals surface area contributed by atoms with Gasteiger partial charge in [-0.15, -0.1) is 0 Å². The molecular formula is C20H26ClN7O3. The van der Waals surface area contributed by atoms with Gasteiger partial charge in [0.25, 0.3) is 5.56 Å². The van der Waals surface area contributed by atoms with Gasteiger partial charge in [0.2, 0.25) is 11.2 Å². The van der Waals surface area contributed by atoms with Crippen molar-refractivity contribution >= 4 is 28.7 Å². The molecule has 3 aromatic rings. The lowest BCUT2D eigenvalue weighted by molar-refractivity contribution is -0.121. The van der Waals surface area contributed by atoms with Crippen LogP contribution in [0.25, 0.3) is 11.2 Å². The third kappa shape index (κ3) is 5.78. The number of carbonyl (C=O) groups excluding carboxylic acids is 1. The molecule has 3 aromatic heterocycles. The van der Waals surface area contributed by atoms with Gasteiger partial charge in [0.15, 0.2) is 11.2 Å². The number of nitrogens with zero attached hydrogens (tertiary/aromatic N) is 5. The van der Waals surface area contributed by atoms with E-state index in [1.807, 2.05) is 0 Å². The highest BCUT2D eigenvalue weighted by Gasteiger charge is 2.16. The maximum absolute atomic E-state index is 12.9. The normalized spacial score (nSPS) is 11.2. The van der Waals surface area contributed by atoms with Gasteiger partial charge in [-0.2, -0.15) is 4.98 Å². The number of carbonyl (C=O) groups is 1. The molecule has 0 fully saturated rings. The van der Waals surface area contributed by atoms with Gasteiger partial charge in [0.05, 0.1) is 18.4 Å². The number of hydrogen-bond acceptors (Lipinski definition) is 6. The quantitative estimate of drug-likeness (QED) is 0.342. The Morgan fingerprint density at radius 3 is 2.65 bits per heavy atom. The topological polar surface area (TPSA) is 128 Å². The Morgan fingerprint density at radius 2 is 1.90 bits per heavy atom. The molecule has 3 heterocycles. The molecule has 0 saturated carbocycles. The van der Waals surface area contributed by atoms with Crippen molar-refractivity contribution in [2.75, 3.05) is 0 Å². The molecule has 0 unspecified atom stereocenters. The summed E-state index contributed by atoms with van der Waals surface area (Å²) in [4.78, 5) is 52.6. The molecule has 0 radical (unpaired) electrons. The SMILES string of the molecule is CCCCCn1c(=O)n(CCCCC(=O)NCc2cnccn2)c(=O)c2[nH]c(Cl)nc21. The lowest BCUT2D eigenvalue weighted by Crippen LogP contribution is -2.40. The molecule has 0 aromatic carbocycles. The fourth-order valence-corrected chi connectivity index (χ4v) is 3.49. The number of hydrogen-bond donors (Lipinski definition) is 2. The number of halogens is 1. The predicted molar refractivity (Wildman–Crippen MR) is 117 cm³/mol. The first-order valence-corrected chi connectivity index (χ1v) is 10.8. The van der Waals surface area contributed by atoms with E-state index < -0.39 is 11.2 Å². The molecule has 166 valence electrons. The molecule has 0 bridgehead atoms. The van der Waals surface area contributed by atoms with Crippen LogP contribution in [0.5, 0.6) is 0 Å². The molecule has 0 aliphatic carbocycles. The minimum Gasteiger partial charge on any atom is -0.350 e. The van der Waals surface area contributed by atoms with Crippen LogP contribution in [0.3, 0.4) is 0 Å². The summed E-state index contributed by atoms with van der Waals surface area (Å²) in [6.45, 7) is 3.07. The Balaban J connectivity index is 1.62. The van der Waals surface area contributed by atoms with E-state index in [0.717, 1.165) is 19.3 Å². The molecule has 0 spiro atoms. The highest BCUT2D eigenvalue weighted by atomic mass is 35.5. The maximum atomic E-state index is 12.9. The van der Waals surface area contributed by atoms with Crippen molar-refractivity contribution in [1.29, 1.82) is 0 Å². The van der Waals surface area contributed by atoms with E-state index in [-0.39, 0.29) is 35.3 Å². The second-order valence-corrected chi connectivity index (χ2v) is 7.61. The number of unbranched alkanes of at least 4 members (excludes halogenated alkanes) is 3. The number of aryl methyl sites for hydroxylation is 1. The van der Waals surface area contributed by atoms with E-state index in [1.165, 1.54) is 9.13 Å². The van der Waals surface area contributed by atoms with Crippen LogP contribution in [0.15, 0.2) is 28.2 Å². The summed E-state index contributed by atoms with van der Waals surface area (Å²) in [7, 11) is 0. The van der Waals surface area contributed by atoms with E-state index >= 15 is 0 Å². The molecule has 10 nitrogen and oxygen atoms in total. The molecule has 31 heavy (non-hydrogen) atoms. The van der Waals surface area contributed by atoms with Crippen molar-refractivity contribution in [2.45, 2.75) is 65.1 Å². The smallest absolute Gasteiger partial charge is 0.332 e. The molecule has 11 heteroatoms. The second kappa shape index (κ2) is 10.9. The Bertz CT molecular complexity index is 1140. The van der Waals surface area contributed by atoms with Gasteiger partial charge < -0.3 is 10.3 Å². The lowest BCUT2D eigenvalue weighted by atomic mass is 10.2. The monoisotopic (exact) mass is 447 g/mol. The van der Waals surface area contributed by atoms with E-state index in [4.69, 9.17) is 11.6 Å². The van der Waals surface area contributed by atoms with Crippen LogP contribution < -0.4 is 16.6 Å². The Morgan fingerprint density at radius 1 is 1.13 bits per heavy atom. The van der Waals surface area contributed by atoms with Gasteiger partial charge in [-0.3, -0.25) is 28.7 Å². The highest BCUT2D eigenvalue weighted by molar-refractivity contribution is 6.28. The van der Waals surface area contributed by atoms with Crippen LogP contribution in [-0.4, -0.2) is 35.0 Å². The zero-order chi connectivity index (χ0) is 22.2. The van der Waals surface area contributed by atoms with Crippen LogP contribution in [0, 0.1) is 0 Å². The van der Waals surface area contributed by atoms with Gasteiger partial charge >= 0.3 is 5.69 Å². The Kier molecular flexibility index (Phi) is 7.94. The van der Waals surface area contributed by atoms with E-state index in [9.17, 15) is 14.4 Å². The number of H-pyrrole nitrogens is 1. The predicted octanol–water partition coefficient (Wildman–Crippen LogP) is 2.01. The molecule has 2 N–H and O–H groups in total. The largest absolute Gasteiger partial charge is 0.350 e. The summed E-state index contributed by atoms with van der Waals surface area (Å²) in [5.74, 6) is -0.120. The van der Waals surface area contributed by atoms with Crippen molar-refractivity contribution in [3.05, 3.63) is 50.4 Å². The number of nitrogens with one attached hydrogen (secondary N) is 2. The van der Waals surface area contributed by atoms with Crippen molar-refractivity contribution in [2.24, 2.45) is 0 Å². The number of amides is 1. The molecule has 0 saturated heterocycles. The molecular weight excluding hydrogens is 422 g/mol. The summed E-state index contributed by atoms with van der Waals surface area (Å²) in [5, 5.41) is 2.86. The average Bonchev–Trinajstić information content (AvgIpc) is 3.16. The van der Waals surface area contributed by atoms with Crippen LogP contribution in [0.2, 0.25) is 5.28 Å². The molecule has 3 rings (SSSR count). The van der Waals surface area contributed by atoms with Crippen LogP contribution in [0.4, 0.5) is 0 Å². The zero-order valence-electron chi connectivity index (χ0n) is 17.4. The van der Waals surface area contributed by atoms with Crippen molar-refractivity contribution in [3.63, 3.8) is 0 Å². The third-order valence-corrected chi connectivity index (χ3v) is 5.12. The van der Waals surface area contributed by atoms with Crippen molar-refractivity contribution in [3.8, 4) is 0 Å². The fourth-order valence-electron chi connectivity index (χ4n) is 3.31. The summed E-state index contributed by atoms with van der Waals surface area (Å²) in [6, 6.07) is 0. The standard InChI is InChI=1S/C20H26ClN7O3/c1-2-3-5-10-27-17-16(25-19(21)26-17)18(30)28(20(27)31)11-6-4-7-15(29)24-13-14-12-22-8-9-23-14/h8-9,12H,2-7,10-11,13H2,1H3,(H,24,29)(H,25,26). The number of aromatic nitrogens is 6. The Labute approximate surface area is 183 Å². The molecule has 0 atom stereocenters. The van der Waals surface area contributed by atoms with E-state index in [2.05, 4.69) is 32.2 Å². The second-order valence-electron chi connectivity index (χ2n) is 7.25. The van der Waals surface area contributed by atoms with E-state index in [1.54, 1.807) is 18.6 Å². The van der Waals surface area contributed by atoms with Gasteiger partial charge in [-0.25, -0.2) is 4.79 Å². The highest BCUT2D eigenvalue weighted by Crippen LogP contribution is 2.11. The maximum Gasteiger partial charge on any atom is 0.332 e. The van der Waals surface area contributed by atoms with Crippen LogP contribution >= 0.6 is 11.6 Å². The first kappa shape index (κ1) is 22.7. The average molecular weight is 448 g/mol. The van der Waals surface area contributed by atoms with E-state index in [0.29, 0.717) is 31.6 Å². The first-order valence-electron chi connectivity index (χ1n) is 10.4. The molecule has 1 amide bonds. The molecule has 0 aliphatic heterocycles. The van der Waals surface area contributed by atoms with Gasteiger partial charge in [0, 0.05) is 31.9 Å². The van der Waals surface area contributed by atoms with Crippen LogP contribution in [0.1, 0.15) is 51.1 Å². The van der Waals surface area contributed by atoms with Crippen LogP contribution in [-0.2, 0) is 24.4 Å². The van der Waals surface area contributed by atoms with Gasteiger partial charge in [0.1, 0.15) is 0 Å². The Hall–Kier alpha value is -3.01. The van der Waals surface area contributed by atoms with Gasteiger partial charge in [-0.05, 0) is 30.9 Å². The number of fused-ring (bicyclic) bond motifs is 1. The third-order valence-electron chi connectivity index (χ3n) is 4.94. The van der Waals surface area contributed by atoms with Crippen molar-refractivity contribution in [1.82, 2.24) is 34.4 Å². The van der Waals surface area contributed by atoms with Crippen molar-refractivity contribution < 1.29 is 4.79 Å². The first-order chi connectivity index (χ1) is 15.0. The minimum atomic E-state index is -0.446. The molecule has 0 aliphatic rings.